The van der Waals surface area contributed by atoms with Crippen LogP contribution in [0.3, 0.4) is 0 Å². The first-order valence-electron chi connectivity index (χ1n) is 7.29. The minimum Gasteiger partial charge on any atom is -0.337 e. The van der Waals surface area contributed by atoms with Crippen molar-refractivity contribution in [3.05, 3.63) is 35.7 Å². The third-order valence-corrected chi connectivity index (χ3v) is 3.54. The third kappa shape index (κ3) is 3.51. The highest BCUT2D eigenvalue weighted by molar-refractivity contribution is 5.92. The predicted molar refractivity (Wildman–Crippen MR) is 80.8 cm³/mol. The molecule has 0 aromatic carbocycles. The second-order valence-corrected chi connectivity index (χ2v) is 5.33. The first-order chi connectivity index (χ1) is 10.0. The van der Waals surface area contributed by atoms with Crippen LogP contribution in [-0.2, 0) is 20.6 Å². The summed E-state index contributed by atoms with van der Waals surface area (Å²) in [6.45, 7) is 5.27. The van der Waals surface area contributed by atoms with E-state index in [1.807, 2.05) is 35.7 Å². The average molecular weight is 289 g/mol. The molecule has 0 saturated heterocycles. The summed E-state index contributed by atoms with van der Waals surface area (Å²) in [6.07, 6.45) is 5.68. The second-order valence-electron chi connectivity index (χ2n) is 5.33. The van der Waals surface area contributed by atoms with E-state index in [9.17, 15) is 4.79 Å². The molecule has 1 amide bonds. The smallest absolute Gasteiger partial charge is 0.272 e. The number of rotatable bonds is 6. The van der Waals surface area contributed by atoms with Crippen LogP contribution in [0.25, 0.3) is 0 Å². The van der Waals surface area contributed by atoms with Gasteiger partial charge < -0.3 is 9.47 Å². The normalized spacial score (nSPS) is 10.9. The Kier molecular flexibility index (Phi) is 4.77. The van der Waals surface area contributed by atoms with E-state index in [4.69, 9.17) is 0 Å². The fraction of sp³-hybridized carbons (Fsp3) is 0.533. The summed E-state index contributed by atoms with van der Waals surface area (Å²) in [7, 11) is 3.75. The summed E-state index contributed by atoms with van der Waals surface area (Å²) in [5.74, 6) is 0.896. The fourth-order valence-electron chi connectivity index (χ4n) is 2.29. The van der Waals surface area contributed by atoms with Crippen molar-refractivity contribution in [3.8, 4) is 0 Å². The molecule has 0 radical (unpaired) electrons. The molecule has 0 aliphatic rings. The minimum absolute atomic E-state index is 0.00884. The zero-order valence-electron chi connectivity index (χ0n) is 13.2. The fourth-order valence-corrected chi connectivity index (χ4v) is 2.29. The SMILES string of the molecule is CCCCN(Cc1nccn1C)C(=O)c1cc(C)nn1C. The van der Waals surface area contributed by atoms with E-state index in [1.165, 1.54) is 0 Å². The molecule has 2 aromatic rings. The van der Waals surface area contributed by atoms with Crippen molar-refractivity contribution in [2.75, 3.05) is 6.54 Å². The van der Waals surface area contributed by atoms with Crippen molar-refractivity contribution in [2.24, 2.45) is 14.1 Å². The summed E-state index contributed by atoms with van der Waals surface area (Å²) in [5.41, 5.74) is 1.48. The molecule has 0 aliphatic carbocycles. The standard InChI is InChI=1S/C15H23N5O/c1-5-6-8-20(11-14-16-7-9-18(14)3)15(21)13-10-12(2)17-19(13)4/h7,9-10H,5-6,8,11H2,1-4H3. The Morgan fingerprint density at radius 3 is 2.67 bits per heavy atom. The van der Waals surface area contributed by atoms with Gasteiger partial charge in [-0.3, -0.25) is 9.48 Å². The highest BCUT2D eigenvalue weighted by Crippen LogP contribution is 2.11. The summed E-state index contributed by atoms with van der Waals surface area (Å²) in [6, 6.07) is 1.83. The van der Waals surface area contributed by atoms with Crippen LogP contribution >= 0.6 is 0 Å². The monoisotopic (exact) mass is 289 g/mol. The number of carbonyl (C=O) groups excluding carboxylic acids is 1. The van der Waals surface area contributed by atoms with Crippen LogP contribution in [0, 0.1) is 6.92 Å². The largest absolute Gasteiger partial charge is 0.337 e. The topological polar surface area (TPSA) is 56.0 Å². The number of imidazole rings is 1. The van der Waals surface area contributed by atoms with Crippen molar-refractivity contribution in [1.82, 2.24) is 24.2 Å². The van der Waals surface area contributed by atoms with Gasteiger partial charge in [-0.05, 0) is 19.4 Å². The highest BCUT2D eigenvalue weighted by Gasteiger charge is 2.20. The lowest BCUT2D eigenvalue weighted by Gasteiger charge is -2.22. The number of amides is 1. The Labute approximate surface area is 125 Å². The maximum Gasteiger partial charge on any atom is 0.272 e. The van der Waals surface area contributed by atoms with Crippen molar-refractivity contribution in [1.29, 1.82) is 0 Å². The Hall–Kier alpha value is -2.11. The molecule has 2 rings (SSSR count). The minimum atomic E-state index is 0.00884. The van der Waals surface area contributed by atoms with E-state index in [0.29, 0.717) is 12.2 Å². The maximum absolute atomic E-state index is 12.8. The Balaban J connectivity index is 2.21. The quantitative estimate of drug-likeness (QED) is 0.816. The van der Waals surface area contributed by atoms with Gasteiger partial charge in [0.2, 0.25) is 0 Å². The molecule has 0 unspecified atom stereocenters. The number of aryl methyl sites for hydroxylation is 3. The van der Waals surface area contributed by atoms with Gasteiger partial charge in [-0.15, -0.1) is 0 Å². The maximum atomic E-state index is 12.8. The van der Waals surface area contributed by atoms with E-state index in [-0.39, 0.29) is 5.91 Å². The first kappa shape index (κ1) is 15.3. The number of nitrogens with zero attached hydrogens (tertiary/aromatic N) is 5. The summed E-state index contributed by atoms with van der Waals surface area (Å²) in [5, 5.41) is 4.26. The van der Waals surface area contributed by atoms with Crippen LogP contribution < -0.4 is 0 Å². The first-order valence-corrected chi connectivity index (χ1v) is 7.29. The van der Waals surface area contributed by atoms with Gasteiger partial charge in [-0.1, -0.05) is 13.3 Å². The number of unbranched alkanes of at least 4 members (excludes halogenated alkanes) is 1. The summed E-state index contributed by atoms with van der Waals surface area (Å²) >= 11 is 0. The zero-order valence-corrected chi connectivity index (χ0v) is 13.2. The second kappa shape index (κ2) is 6.56. The van der Waals surface area contributed by atoms with Crippen LogP contribution in [0.15, 0.2) is 18.5 Å². The van der Waals surface area contributed by atoms with Crippen molar-refractivity contribution < 1.29 is 4.79 Å². The molecule has 0 aliphatic heterocycles. The van der Waals surface area contributed by atoms with Gasteiger partial charge in [0.05, 0.1) is 12.2 Å². The third-order valence-electron chi connectivity index (χ3n) is 3.54. The summed E-state index contributed by atoms with van der Waals surface area (Å²) < 4.78 is 3.59. The molecule has 2 aromatic heterocycles. The van der Waals surface area contributed by atoms with E-state index in [1.54, 1.807) is 17.9 Å². The molecular weight excluding hydrogens is 266 g/mol. The van der Waals surface area contributed by atoms with Gasteiger partial charge in [-0.25, -0.2) is 4.98 Å². The van der Waals surface area contributed by atoms with Crippen molar-refractivity contribution in [3.63, 3.8) is 0 Å². The molecule has 0 saturated carbocycles. The number of carbonyl (C=O) groups is 1. The molecule has 2 heterocycles. The van der Waals surface area contributed by atoms with Crippen LogP contribution in [0.5, 0.6) is 0 Å². The highest BCUT2D eigenvalue weighted by atomic mass is 16.2. The Bertz CT molecular complexity index is 613. The Morgan fingerprint density at radius 1 is 1.38 bits per heavy atom. The van der Waals surface area contributed by atoms with Gasteiger partial charge in [-0.2, -0.15) is 5.10 Å². The molecule has 0 atom stereocenters. The molecule has 114 valence electrons. The van der Waals surface area contributed by atoms with Crippen LogP contribution in [-0.4, -0.2) is 36.7 Å². The van der Waals surface area contributed by atoms with Gasteiger partial charge in [0.1, 0.15) is 11.5 Å². The number of hydrogen-bond donors (Lipinski definition) is 0. The van der Waals surface area contributed by atoms with Gasteiger partial charge >= 0.3 is 0 Å². The number of aromatic nitrogens is 4. The zero-order chi connectivity index (χ0) is 15.4. The van der Waals surface area contributed by atoms with Crippen LogP contribution in [0.2, 0.25) is 0 Å². The molecule has 6 heteroatoms. The number of hydrogen-bond acceptors (Lipinski definition) is 3. The predicted octanol–water partition coefficient (Wildman–Crippen LogP) is 1.90. The van der Waals surface area contributed by atoms with E-state index >= 15 is 0 Å². The molecule has 6 nitrogen and oxygen atoms in total. The average Bonchev–Trinajstić information content (AvgIpc) is 2.99. The van der Waals surface area contributed by atoms with E-state index < -0.39 is 0 Å². The van der Waals surface area contributed by atoms with E-state index in [0.717, 1.165) is 30.9 Å². The lowest BCUT2D eigenvalue weighted by Crippen LogP contribution is -2.33. The van der Waals surface area contributed by atoms with Crippen molar-refractivity contribution in [2.45, 2.75) is 33.2 Å². The molecule has 0 spiro atoms. The lowest BCUT2D eigenvalue weighted by atomic mass is 10.2. The van der Waals surface area contributed by atoms with Crippen LogP contribution in [0.1, 0.15) is 41.8 Å². The van der Waals surface area contributed by atoms with Gasteiger partial charge in [0.15, 0.2) is 0 Å². The van der Waals surface area contributed by atoms with E-state index in [2.05, 4.69) is 17.0 Å². The Morgan fingerprint density at radius 2 is 2.14 bits per heavy atom. The lowest BCUT2D eigenvalue weighted by molar-refractivity contribution is 0.0724. The molecule has 21 heavy (non-hydrogen) atoms. The van der Waals surface area contributed by atoms with Gasteiger partial charge in [0.25, 0.3) is 5.91 Å². The summed E-state index contributed by atoms with van der Waals surface area (Å²) in [4.78, 5) is 18.9. The molecule has 0 bridgehead atoms. The molecular formula is C15H23N5O. The van der Waals surface area contributed by atoms with Crippen LogP contribution in [0.4, 0.5) is 0 Å². The van der Waals surface area contributed by atoms with Gasteiger partial charge in [0, 0.05) is 33.0 Å². The molecule has 0 fully saturated rings. The molecule has 0 N–H and O–H groups in total. The van der Waals surface area contributed by atoms with Crippen molar-refractivity contribution >= 4 is 5.91 Å².